The second-order valence-corrected chi connectivity index (χ2v) is 5.13. The zero-order valence-electron chi connectivity index (χ0n) is 10.7. The van der Waals surface area contributed by atoms with Gasteiger partial charge in [-0.05, 0) is 25.0 Å². The SMILES string of the molecule is O=C(Nc1ccc2nncn2c1)C1CCC(F)(F)CC1. The van der Waals surface area contributed by atoms with E-state index in [2.05, 4.69) is 15.5 Å². The molecule has 1 amide bonds. The summed E-state index contributed by atoms with van der Waals surface area (Å²) in [6.07, 6.45) is 3.27. The number of alkyl halides is 2. The van der Waals surface area contributed by atoms with Crippen LogP contribution in [-0.4, -0.2) is 26.4 Å². The Balaban J connectivity index is 1.66. The topological polar surface area (TPSA) is 59.3 Å². The summed E-state index contributed by atoms with van der Waals surface area (Å²) in [7, 11) is 0. The molecule has 5 nitrogen and oxygen atoms in total. The quantitative estimate of drug-likeness (QED) is 0.919. The molecule has 106 valence electrons. The number of fused-ring (bicyclic) bond motifs is 1. The molecule has 1 fully saturated rings. The minimum absolute atomic E-state index is 0.201. The number of aromatic nitrogens is 3. The monoisotopic (exact) mass is 280 g/mol. The van der Waals surface area contributed by atoms with Crippen molar-refractivity contribution in [1.82, 2.24) is 14.6 Å². The van der Waals surface area contributed by atoms with Crippen LogP contribution >= 0.6 is 0 Å². The van der Waals surface area contributed by atoms with Gasteiger partial charge in [0, 0.05) is 25.0 Å². The summed E-state index contributed by atoms with van der Waals surface area (Å²) in [4.78, 5) is 12.1. The molecule has 0 aromatic carbocycles. The summed E-state index contributed by atoms with van der Waals surface area (Å²) in [6.45, 7) is 0. The molecule has 20 heavy (non-hydrogen) atoms. The minimum Gasteiger partial charge on any atom is -0.325 e. The highest BCUT2D eigenvalue weighted by atomic mass is 19.3. The van der Waals surface area contributed by atoms with E-state index in [1.54, 1.807) is 22.7 Å². The van der Waals surface area contributed by atoms with Gasteiger partial charge in [-0.15, -0.1) is 10.2 Å². The van der Waals surface area contributed by atoms with Crippen molar-refractivity contribution in [3.63, 3.8) is 0 Å². The molecule has 2 heterocycles. The number of carbonyl (C=O) groups is 1. The van der Waals surface area contributed by atoms with Crippen LogP contribution in [0.5, 0.6) is 0 Å². The van der Waals surface area contributed by atoms with E-state index in [0.717, 1.165) is 0 Å². The number of carbonyl (C=O) groups excluding carboxylic acids is 1. The molecule has 0 bridgehead atoms. The van der Waals surface area contributed by atoms with Gasteiger partial charge in [0.05, 0.1) is 5.69 Å². The number of nitrogens with zero attached hydrogens (tertiary/aromatic N) is 3. The third kappa shape index (κ3) is 2.61. The van der Waals surface area contributed by atoms with Crippen LogP contribution < -0.4 is 5.32 Å². The van der Waals surface area contributed by atoms with Gasteiger partial charge in [-0.25, -0.2) is 8.78 Å². The van der Waals surface area contributed by atoms with Gasteiger partial charge in [-0.1, -0.05) is 0 Å². The molecule has 0 radical (unpaired) electrons. The second-order valence-electron chi connectivity index (χ2n) is 5.13. The van der Waals surface area contributed by atoms with E-state index in [4.69, 9.17) is 0 Å². The van der Waals surface area contributed by atoms with Crippen LogP contribution in [-0.2, 0) is 4.79 Å². The van der Waals surface area contributed by atoms with Crippen LogP contribution in [0.25, 0.3) is 5.65 Å². The van der Waals surface area contributed by atoms with Crippen molar-refractivity contribution >= 4 is 17.2 Å². The highest BCUT2D eigenvalue weighted by Crippen LogP contribution is 2.36. The molecule has 1 N–H and O–H groups in total. The van der Waals surface area contributed by atoms with Crippen LogP contribution in [0, 0.1) is 5.92 Å². The van der Waals surface area contributed by atoms with Gasteiger partial charge in [-0.2, -0.15) is 0 Å². The van der Waals surface area contributed by atoms with Crippen molar-refractivity contribution in [3.05, 3.63) is 24.7 Å². The zero-order chi connectivity index (χ0) is 14.2. The Kier molecular flexibility index (Phi) is 3.11. The maximum atomic E-state index is 13.1. The lowest BCUT2D eigenvalue weighted by molar-refractivity contribution is -0.124. The summed E-state index contributed by atoms with van der Waals surface area (Å²) in [5.41, 5.74) is 1.29. The fraction of sp³-hybridized carbons (Fsp3) is 0.462. The summed E-state index contributed by atoms with van der Waals surface area (Å²) in [6, 6.07) is 3.46. The molecule has 1 saturated carbocycles. The van der Waals surface area contributed by atoms with Crippen molar-refractivity contribution in [2.75, 3.05) is 5.32 Å². The molecule has 2 aromatic rings. The lowest BCUT2D eigenvalue weighted by atomic mass is 9.86. The van der Waals surface area contributed by atoms with Crippen LogP contribution in [0.15, 0.2) is 24.7 Å². The average molecular weight is 280 g/mol. The first-order chi connectivity index (χ1) is 9.53. The molecule has 3 rings (SSSR count). The number of halogens is 2. The predicted octanol–water partition coefficient (Wildman–Crippen LogP) is 2.49. The number of anilines is 1. The molecule has 7 heteroatoms. The molecule has 1 aliphatic carbocycles. The average Bonchev–Trinajstić information content (AvgIpc) is 2.86. The first kappa shape index (κ1) is 13.0. The Morgan fingerprint density at radius 2 is 2.10 bits per heavy atom. The predicted molar refractivity (Wildman–Crippen MR) is 68.5 cm³/mol. The Bertz CT molecular complexity index is 630. The summed E-state index contributed by atoms with van der Waals surface area (Å²) >= 11 is 0. The number of pyridine rings is 1. The molecule has 1 aliphatic rings. The molecule has 0 atom stereocenters. The number of hydrogen-bond donors (Lipinski definition) is 1. The molecule has 0 aliphatic heterocycles. The molecular formula is C13H14F2N4O. The molecule has 0 spiro atoms. The summed E-state index contributed by atoms with van der Waals surface area (Å²) in [5.74, 6) is -3.16. The van der Waals surface area contributed by atoms with Gasteiger partial charge in [-0.3, -0.25) is 9.20 Å². The van der Waals surface area contributed by atoms with E-state index < -0.39 is 5.92 Å². The van der Waals surface area contributed by atoms with Crippen molar-refractivity contribution in [2.24, 2.45) is 5.92 Å². The van der Waals surface area contributed by atoms with Crippen LogP contribution in [0.2, 0.25) is 0 Å². The molecule has 0 unspecified atom stereocenters. The number of nitrogens with one attached hydrogen (secondary N) is 1. The maximum absolute atomic E-state index is 13.1. The molecule has 2 aromatic heterocycles. The Hall–Kier alpha value is -2.05. The van der Waals surface area contributed by atoms with Crippen molar-refractivity contribution < 1.29 is 13.6 Å². The number of amides is 1. The highest BCUT2D eigenvalue weighted by molar-refractivity contribution is 5.92. The summed E-state index contributed by atoms with van der Waals surface area (Å²) < 4.78 is 27.8. The maximum Gasteiger partial charge on any atom is 0.248 e. The lowest BCUT2D eigenvalue weighted by Crippen LogP contribution is -2.31. The van der Waals surface area contributed by atoms with Gasteiger partial charge < -0.3 is 5.32 Å². The van der Waals surface area contributed by atoms with Crippen molar-refractivity contribution in [3.8, 4) is 0 Å². The van der Waals surface area contributed by atoms with E-state index >= 15 is 0 Å². The fourth-order valence-corrected chi connectivity index (χ4v) is 2.45. The zero-order valence-corrected chi connectivity index (χ0v) is 10.7. The minimum atomic E-state index is -2.61. The smallest absolute Gasteiger partial charge is 0.248 e. The Morgan fingerprint density at radius 1 is 1.35 bits per heavy atom. The third-order valence-electron chi connectivity index (χ3n) is 3.65. The summed E-state index contributed by atoms with van der Waals surface area (Å²) in [5, 5.41) is 10.4. The van der Waals surface area contributed by atoms with E-state index in [9.17, 15) is 13.6 Å². The van der Waals surface area contributed by atoms with Gasteiger partial charge >= 0.3 is 0 Å². The molecular weight excluding hydrogens is 266 g/mol. The second kappa shape index (κ2) is 4.81. The first-order valence-corrected chi connectivity index (χ1v) is 6.52. The standard InChI is InChI=1S/C13H14F2N4O/c14-13(15)5-3-9(4-6-13)12(20)17-10-1-2-11-18-16-8-19(11)7-10/h1-2,7-9H,3-6H2,(H,17,20). The lowest BCUT2D eigenvalue weighted by Gasteiger charge is -2.27. The molecule has 0 saturated heterocycles. The van der Waals surface area contributed by atoms with E-state index in [-0.39, 0.29) is 37.5 Å². The Morgan fingerprint density at radius 3 is 2.85 bits per heavy atom. The van der Waals surface area contributed by atoms with Crippen LogP contribution in [0.3, 0.4) is 0 Å². The van der Waals surface area contributed by atoms with Gasteiger partial charge in [0.2, 0.25) is 11.8 Å². The highest BCUT2D eigenvalue weighted by Gasteiger charge is 2.37. The van der Waals surface area contributed by atoms with Gasteiger partial charge in [0.1, 0.15) is 6.33 Å². The normalized spacial score (nSPS) is 19.1. The van der Waals surface area contributed by atoms with E-state index in [1.165, 1.54) is 6.33 Å². The van der Waals surface area contributed by atoms with Crippen LogP contribution in [0.1, 0.15) is 25.7 Å². The largest absolute Gasteiger partial charge is 0.325 e. The van der Waals surface area contributed by atoms with Gasteiger partial charge in [0.25, 0.3) is 0 Å². The van der Waals surface area contributed by atoms with E-state index in [0.29, 0.717) is 11.3 Å². The number of rotatable bonds is 2. The fourth-order valence-electron chi connectivity index (χ4n) is 2.45. The van der Waals surface area contributed by atoms with Crippen LogP contribution in [0.4, 0.5) is 14.5 Å². The van der Waals surface area contributed by atoms with Gasteiger partial charge in [0.15, 0.2) is 5.65 Å². The van der Waals surface area contributed by atoms with Crippen molar-refractivity contribution in [2.45, 2.75) is 31.6 Å². The van der Waals surface area contributed by atoms with E-state index in [1.807, 2.05) is 0 Å². The Labute approximate surface area is 114 Å². The third-order valence-corrected chi connectivity index (χ3v) is 3.65. The first-order valence-electron chi connectivity index (χ1n) is 6.52. The number of hydrogen-bond acceptors (Lipinski definition) is 3. The van der Waals surface area contributed by atoms with Crippen molar-refractivity contribution in [1.29, 1.82) is 0 Å².